The van der Waals surface area contributed by atoms with Gasteiger partial charge in [-0.1, -0.05) is 18.2 Å². The lowest BCUT2D eigenvalue weighted by molar-refractivity contribution is 0.474. The second-order valence-electron chi connectivity index (χ2n) is 3.11. The SMILES string of the molecule is N=C(c1ccccn1)c1ccccc1O. The van der Waals surface area contributed by atoms with Crippen molar-refractivity contribution in [3.05, 3.63) is 59.9 Å². The van der Waals surface area contributed by atoms with Crippen molar-refractivity contribution in [2.45, 2.75) is 0 Å². The molecule has 1 aromatic heterocycles. The molecule has 15 heavy (non-hydrogen) atoms. The molecule has 3 nitrogen and oxygen atoms in total. The number of aromatic hydroxyl groups is 1. The normalized spacial score (nSPS) is 9.87. The molecule has 0 aliphatic rings. The van der Waals surface area contributed by atoms with E-state index in [9.17, 15) is 5.11 Å². The molecule has 2 N–H and O–H groups in total. The molecular formula is C12H10N2O. The molecule has 0 aliphatic carbocycles. The lowest BCUT2D eigenvalue weighted by Gasteiger charge is -2.04. The van der Waals surface area contributed by atoms with Gasteiger partial charge in [-0.25, -0.2) is 0 Å². The molecule has 0 unspecified atom stereocenters. The third-order valence-electron chi connectivity index (χ3n) is 2.09. The topological polar surface area (TPSA) is 57.0 Å². The minimum atomic E-state index is 0.105. The zero-order valence-corrected chi connectivity index (χ0v) is 8.01. The van der Waals surface area contributed by atoms with Gasteiger partial charge in [0.15, 0.2) is 0 Å². The first-order valence-electron chi connectivity index (χ1n) is 4.57. The first-order valence-corrected chi connectivity index (χ1v) is 4.57. The number of hydrogen-bond donors (Lipinski definition) is 2. The van der Waals surface area contributed by atoms with Crippen LogP contribution in [-0.2, 0) is 0 Å². The third-order valence-corrected chi connectivity index (χ3v) is 2.09. The van der Waals surface area contributed by atoms with Crippen LogP contribution >= 0.6 is 0 Å². The van der Waals surface area contributed by atoms with Crippen molar-refractivity contribution in [1.82, 2.24) is 4.98 Å². The zero-order valence-electron chi connectivity index (χ0n) is 8.01. The summed E-state index contributed by atoms with van der Waals surface area (Å²) in [5.41, 5.74) is 1.28. The van der Waals surface area contributed by atoms with Crippen LogP contribution in [0.5, 0.6) is 5.75 Å². The van der Waals surface area contributed by atoms with E-state index in [4.69, 9.17) is 5.41 Å². The molecule has 0 amide bonds. The summed E-state index contributed by atoms with van der Waals surface area (Å²) in [5, 5.41) is 17.5. The number of nitrogens with one attached hydrogen (secondary N) is 1. The quantitative estimate of drug-likeness (QED) is 0.727. The van der Waals surface area contributed by atoms with Crippen LogP contribution < -0.4 is 0 Å². The van der Waals surface area contributed by atoms with Gasteiger partial charge in [0.25, 0.3) is 0 Å². The predicted octanol–water partition coefficient (Wildman–Crippen LogP) is 2.20. The van der Waals surface area contributed by atoms with Crippen molar-refractivity contribution < 1.29 is 5.11 Å². The van der Waals surface area contributed by atoms with Crippen LogP contribution in [0.25, 0.3) is 0 Å². The molecule has 1 aromatic carbocycles. The van der Waals surface area contributed by atoms with E-state index in [-0.39, 0.29) is 11.5 Å². The minimum absolute atomic E-state index is 0.105. The Morgan fingerprint density at radius 3 is 2.47 bits per heavy atom. The molecule has 0 aliphatic heterocycles. The van der Waals surface area contributed by atoms with Gasteiger partial charge in [0.1, 0.15) is 5.75 Å². The highest BCUT2D eigenvalue weighted by Crippen LogP contribution is 2.18. The summed E-state index contributed by atoms with van der Waals surface area (Å²) in [7, 11) is 0. The van der Waals surface area contributed by atoms with E-state index < -0.39 is 0 Å². The first kappa shape index (κ1) is 9.40. The zero-order chi connectivity index (χ0) is 10.7. The van der Waals surface area contributed by atoms with Gasteiger partial charge in [-0.05, 0) is 24.3 Å². The van der Waals surface area contributed by atoms with E-state index in [2.05, 4.69) is 4.98 Å². The van der Waals surface area contributed by atoms with E-state index >= 15 is 0 Å². The Morgan fingerprint density at radius 1 is 1.07 bits per heavy atom. The van der Waals surface area contributed by atoms with Crippen molar-refractivity contribution in [1.29, 1.82) is 5.41 Å². The number of para-hydroxylation sites is 1. The number of benzene rings is 1. The van der Waals surface area contributed by atoms with Gasteiger partial charge in [0.05, 0.1) is 11.4 Å². The number of pyridine rings is 1. The molecule has 0 saturated heterocycles. The van der Waals surface area contributed by atoms with Crippen LogP contribution in [0.2, 0.25) is 0 Å². The number of phenols is 1. The average molecular weight is 198 g/mol. The number of aromatic nitrogens is 1. The summed E-state index contributed by atoms with van der Waals surface area (Å²) in [6, 6.07) is 12.1. The Kier molecular flexibility index (Phi) is 2.46. The summed E-state index contributed by atoms with van der Waals surface area (Å²) in [6.07, 6.45) is 1.63. The molecule has 0 saturated carbocycles. The Balaban J connectivity index is 2.42. The van der Waals surface area contributed by atoms with Crippen LogP contribution in [0.1, 0.15) is 11.3 Å². The maximum Gasteiger partial charge on any atom is 0.125 e. The van der Waals surface area contributed by atoms with Crippen molar-refractivity contribution in [3.8, 4) is 5.75 Å². The van der Waals surface area contributed by atoms with Crippen molar-refractivity contribution in [3.63, 3.8) is 0 Å². The Morgan fingerprint density at radius 2 is 1.80 bits per heavy atom. The highest BCUT2D eigenvalue weighted by molar-refractivity contribution is 6.11. The Labute approximate surface area is 87.6 Å². The minimum Gasteiger partial charge on any atom is -0.507 e. The molecule has 74 valence electrons. The Hall–Kier alpha value is -2.16. The second-order valence-corrected chi connectivity index (χ2v) is 3.11. The predicted molar refractivity (Wildman–Crippen MR) is 58.3 cm³/mol. The Bertz CT molecular complexity index is 480. The number of nitrogens with zero attached hydrogens (tertiary/aromatic N) is 1. The summed E-state index contributed by atoms with van der Waals surface area (Å²) >= 11 is 0. The van der Waals surface area contributed by atoms with Crippen LogP contribution in [0.4, 0.5) is 0 Å². The first-order chi connectivity index (χ1) is 7.29. The van der Waals surface area contributed by atoms with Crippen molar-refractivity contribution >= 4 is 5.71 Å². The molecule has 0 atom stereocenters. The fourth-order valence-electron chi connectivity index (χ4n) is 1.33. The van der Waals surface area contributed by atoms with Gasteiger partial charge in [-0.2, -0.15) is 0 Å². The fraction of sp³-hybridized carbons (Fsp3) is 0. The summed E-state index contributed by atoms with van der Waals surface area (Å²) in [5.74, 6) is 0.105. The number of hydrogen-bond acceptors (Lipinski definition) is 3. The van der Waals surface area contributed by atoms with Crippen LogP contribution in [-0.4, -0.2) is 15.8 Å². The van der Waals surface area contributed by atoms with Crippen molar-refractivity contribution in [2.24, 2.45) is 0 Å². The van der Waals surface area contributed by atoms with E-state index in [0.29, 0.717) is 11.3 Å². The van der Waals surface area contributed by atoms with E-state index in [1.54, 1.807) is 42.6 Å². The van der Waals surface area contributed by atoms with Crippen LogP contribution in [0, 0.1) is 5.41 Å². The summed E-state index contributed by atoms with van der Waals surface area (Å²) < 4.78 is 0. The fourth-order valence-corrected chi connectivity index (χ4v) is 1.33. The van der Waals surface area contributed by atoms with Gasteiger partial charge < -0.3 is 5.11 Å². The van der Waals surface area contributed by atoms with E-state index in [1.807, 2.05) is 6.07 Å². The molecular weight excluding hydrogens is 188 g/mol. The molecule has 1 heterocycles. The maximum absolute atomic E-state index is 9.57. The summed E-state index contributed by atoms with van der Waals surface area (Å²) in [6.45, 7) is 0. The molecule has 0 bridgehead atoms. The maximum atomic E-state index is 9.57. The van der Waals surface area contributed by atoms with Crippen molar-refractivity contribution in [2.75, 3.05) is 0 Å². The number of rotatable bonds is 2. The van der Waals surface area contributed by atoms with Gasteiger partial charge in [-0.15, -0.1) is 0 Å². The molecule has 0 spiro atoms. The smallest absolute Gasteiger partial charge is 0.125 e. The van der Waals surface area contributed by atoms with Gasteiger partial charge in [0.2, 0.25) is 0 Å². The van der Waals surface area contributed by atoms with Crippen LogP contribution in [0.15, 0.2) is 48.7 Å². The molecule has 3 heteroatoms. The average Bonchev–Trinajstić information content (AvgIpc) is 2.30. The lowest BCUT2D eigenvalue weighted by Crippen LogP contribution is -2.03. The highest BCUT2D eigenvalue weighted by atomic mass is 16.3. The van der Waals surface area contributed by atoms with Gasteiger partial charge in [-0.3, -0.25) is 10.4 Å². The molecule has 0 radical (unpaired) electrons. The van der Waals surface area contributed by atoms with Gasteiger partial charge in [0, 0.05) is 11.8 Å². The molecule has 2 aromatic rings. The van der Waals surface area contributed by atoms with E-state index in [0.717, 1.165) is 0 Å². The van der Waals surface area contributed by atoms with Crippen LogP contribution in [0.3, 0.4) is 0 Å². The lowest BCUT2D eigenvalue weighted by atomic mass is 10.1. The molecule has 0 fully saturated rings. The highest BCUT2D eigenvalue weighted by Gasteiger charge is 2.08. The third kappa shape index (κ3) is 1.86. The monoisotopic (exact) mass is 198 g/mol. The van der Waals surface area contributed by atoms with E-state index in [1.165, 1.54) is 0 Å². The standard InChI is InChI=1S/C12H10N2O/c13-12(10-6-3-4-8-14-10)9-5-1-2-7-11(9)15/h1-8,13,15H. The summed E-state index contributed by atoms with van der Waals surface area (Å²) in [4.78, 5) is 4.06. The number of phenolic OH excluding ortho intramolecular Hbond substituents is 1. The molecule has 2 rings (SSSR count). The second kappa shape index (κ2) is 3.92. The largest absolute Gasteiger partial charge is 0.507 e. The van der Waals surface area contributed by atoms with Gasteiger partial charge >= 0.3 is 0 Å².